The molecular weight excluding hydrogens is 314 g/mol. The Labute approximate surface area is 128 Å². The maximum Gasteiger partial charge on any atom is 0.242 e. The van der Waals surface area contributed by atoms with Gasteiger partial charge in [0.05, 0.1) is 12.3 Å². The Morgan fingerprint density at radius 1 is 1.38 bits per heavy atom. The van der Waals surface area contributed by atoms with Crippen molar-refractivity contribution in [2.45, 2.75) is 26.3 Å². The summed E-state index contributed by atoms with van der Waals surface area (Å²) in [6.45, 7) is 1.92. The third kappa shape index (κ3) is 4.80. The van der Waals surface area contributed by atoms with E-state index in [1.165, 1.54) is 0 Å². The highest BCUT2D eigenvalue weighted by Crippen LogP contribution is 2.19. The lowest BCUT2D eigenvalue weighted by atomic mass is 10.2. The van der Waals surface area contributed by atoms with E-state index in [1.54, 1.807) is 24.3 Å². The number of nitrogens with zero attached hydrogens (tertiary/aromatic N) is 2. The van der Waals surface area contributed by atoms with E-state index in [9.17, 15) is 8.42 Å². The van der Waals surface area contributed by atoms with Crippen molar-refractivity contribution in [3.05, 3.63) is 35.2 Å². The highest BCUT2D eigenvalue weighted by molar-refractivity contribution is 7.89. The van der Waals surface area contributed by atoms with Crippen LogP contribution >= 0.6 is 11.6 Å². The number of unbranched alkanes of at least 4 members (excludes halogenated alkanes) is 1. The number of nitrogens with one attached hydrogen (secondary N) is 1. The molecule has 0 atom stereocenters. The number of sulfonamides is 1. The van der Waals surface area contributed by atoms with Gasteiger partial charge < -0.3 is 4.52 Å². The van der Waals surface area contributed by atoms with Crippen molar-refractivity contribution in [3.8, 4) is 11.4 Å². The molecule has 0 aliphatic heterocycles. The molecule has 8 heteroatoms. The van der Waals surface area contributed by atoms with E-state index in [1.807, 2.05) is 6.92 Å². The molecule has 21 heavy (non-hydrogen) atoms. The third-order valence-corrected chi connectivity index (χ3v) is 4.41. The third-order valence-electron chi connectivity index (χ3n) is 2.76. The van der Waals surface area contributed by atoms with Crippen LogP contribution in [0.2, 0.25) is 5.02 Å². The summed E-state index contributed by atoms with van der Waals surface area (Å²) >= 11 is 5.89. The number of rotatable bonds is 7. The topological polar surface area (TPSA) is 85.1 Å². The number of hydrogen-bond donors (Lipinski definition) is 1. The molecule has 1 aromatic carbocycles. The Morgan fingerprint density at radius 3 is 2.90 bits per heavy atom. The Morgan fingerprint density at radius 2 is 2.19 bits per heavy atom. The molecular formula is C13H16ClN3O3S. The van der Waals surface area contributed by atoms with Crippen LogP contribution in [-0.2, 0) is 16.6 Å². The fraction of sp³-hybridized carbons (Fsp3) is 0.385. The van der Waals surface area contributed by atoms with Gasteiger partial charge >= 0.3 is 0 Å². The first-order chi connectivity index (χ1) is 10.00. The zero-order valence-corrected chi connectivity index (χ0v) is 13.1. The van der Waals surface area contributed by atoms with E-state index >= 15 is 0 Å². The maximum atomic E-state index is 11.7. The number of benzene rings is 1. The summed E-state index contributed by atoms with van der Waals surface area (Å²) in [4.78, 5) is 4.14. The highest BCUT2D eigenvalue weighted by Gasteiger charge is 2.13. The van der Waals surface area contributed by atoms with E-state index in [4.69, 9.17) is 16.1 Å². The van der Waals surface area contributed by atoms with Crippen LogP contribution < -0.4 is 4.72 Å². The fourth-order valence-corrected chi connectivity index (χ4v) is 3.00. The minimum Gasteiger partial charge on any atom is -0.338 e. The van der Waals surface area contributed by atoms with Crippen molar-refractivity contribution < 1.29 is 12.9 Å². The van der Waals surface area contributed by atoms with E-state index in [0.29, 0.717) is 22.8 Å². The summed E-state index contributed by atoms with van der Waals surface area (Å²) in [5.41, 5.74) is 0.714. The van der Waals surface area contributed by atoms with Crippen LogP contribution in [0, 0.1) is 0 Å². The minimum absolute atomic E-state index is 0.0143. The molecule has 0 spiro atoms. The van der Waals surface area contributed by atoms with Gasteiger partial charge in [-0.2, -0.15) is 4.98 Å². The summed E-state index contributed by atoms with van der Waals surface area (Å²) in [5.74, 6) is 0.684. The van der Waals surface area contributed by atoms with E-state index in [-0.39, 0.29) is 18.2 Å². The Bertz CT molecular complexity index is 700. The van der Waals surface area contributed by atoms with Gasteiger partial charge in [0.2, 0.25) is 21.7 Å². The quantitative estimate of drug-likeness (QED) is 0.844. The van der Waals surface area contributed by atoms with Gasteiger partial charge in [0.15, 0.2) is 0 Å². The summed E-state index contributed by atoms with van der Waals surface area (Å²) in [5, 5.41) is 4.38. The van der Waals surface area contributed by atoms with E-state index in [2.05, 4.69) is 14.9 Å². The van der Waals surface area contributed by atoms with Crippen molar-refractivity contribution >= 4 is 21.6 Å². The first kappa shape index (κ1) is 15.9. The molecule has 0 saturated carbocycles. The van der Waals surface area contributed by atoms with Gasteiger partial charge in [-0.1, -0.05) is 42.2 Å². The predicted molar refractivity (Wildman–Crippen MR) is 80.3 cm³/mol. The molecule has 0 aliphatic rings. The number of aromatic nitrogens is 2. The van der Waals surface area contributed by atoms with Gasteiger partial charge in [-0.3, -0.25) is 0 Å². The molecule has 0 fully saturated rings. The maximum absolute atomic E-state index is 11.7. The highest BCUT2D eigenvalue weighted by atomic mass is 35.5. The summed E-state index contributed by atoms with van der Waals surface area (Å²) in [6.07, 6.45) is 1.44. The SMILES string of the molecule is CCCCS(=O)(=O)NCc1nc(-c2cccc(Cl)c2)no1. The number of hydrogen-bond acceptors (Lipinski definition) is 5. The summed E-state index contributed by atoms with van der Waals surface area (Å²) in [7, 11) is -3.30. The van der Waals surface area contributed by atoms with E-state index in [0.717, 1.165) is 6.42 Å². The fourth-order valence-electron chi connectivity index (χ4n) is 1.65. The van der Waals surface area contributed by atoms with Crippen LogP contribution in [0.4, 0.5) is 0 Å². The molecule has 1 aromatic heterocycles. The van der Waals surface area contributed by atoms with Crippen LogP contribution in [0.5, 0.6) is 0 Å². The van der Waals surface area contributed by atoms with Gasteiger partial charge in [-0.15, -0.1) is 0 Å². The zero-order valence-electron chi connectivity index (χ0n) is 11.5. The molecule has 0 unspecified atom stereocenters. The van der Waals surface area contributed by atoms with Gasteiger partial charge in [-0.25, -0.2) is 13.1 Å². The standard InChI is InChI=1S/C13H16ClN3O3S/c1-2-3-7-21(18,19)15-9-12-16-13(17-20-12)10-5-4-6-11(14)8-10/h4-6,8,15H,2-3,7,9H2,1H3. The minimum atomic E-state index is -3.30. The smallest absolute Gasteiger partial charge is 0.242 e. The molecule has 2 aromatic rings. The lowest BCUT2D eigenvalue weighted by Gasteiger charge is -2.02. The number of halogens is 1. The average Bonchev–Trinajstić information content (AvgIpc) is 2.92. The molecule has 1 heterocycles. The molecule has 0 aliphatic carbocycles. The lowest BCUT2D eigenvalue weighted by Crippen LogP contribution is -2.26. The average molecular weight is 330 g/mol. The van der Waals surface area contributed by atoms with Crippen LogP contribution in [0.3, 0.4) is 0 Å². The first-order valence-corrected chi connectivity index (χ1v) is 8.59. The van der Waals surface area contributed by atoms with Crippen molar-refractivity contribution in [3.63, 3.8) is 0 Å². The van der Waals surface area contributed by atoms with Crippen LogP contribution in [-0.4, -0.2) is 24.3 Å². The summed E-state index contributed by atoms with van der Waals surface area (Å²) < 4.78 is 30.8. The van der Waals surface area contributed by atoms with Crippen molar-refractivity contribution in [2.24, 2.45) is 0 Å². The van der Waals surface area contributed by atoms with Crippen molar-refractivity contribution in [1.82, 2.24) is 14.9 Å². The molecule has 1 N–H and O–H groups in total. The summed E-state index contributed by atoms with van der Waals surface area (Å²) in [6, 6.07) is 7.03. The molecule has 114 valence electrons. The van der Waals surface area contributed by atoms with E-state index < -0.39 is 10.0 Å². The molecule has 6 nitrogen and oxygen atoms in total. The largest absolute Gasteiger partial charge is 0.338 e. The zero-order chi connectivity index (χ0) is 15.3. The van der Waals surface area contributed by atoms with Gasteiger partial charge in [0.25, 0.3) is 0 Å². The first-order valence-electron chi connectivity index (χ1n) is 6.56. The monoisotopic (exact) mass is 329 g/mol. The lowest BCUT2D eigenvalue weighted by molar-refractivity contribution is 0.376. The van der Waals surface area contributed by atoms with Gasteiger partial charge in [0.1, 0.15) is 0 Å². The molecule has 0 amide bonds. The normalized spacial score (nSPS) is 11.7. The second kappa shape index (κ2) is 7.02. The second-order valence-corrected chi connectivity index (χ2v) is 6.88. The Kier molecular flexibility index (Phi) is 5.33. The van der Waals surface area contributed by atoms with Crippen molar-refractivity contribution in [1.29, 1.82) is 0 Å². The molecule has 0 saturated heterocycles. The van der Waals surface area contributed by atoms with Crippen LogP contribution in [0.1, 0.15) is 25.7 Å². The van der Waals surface area contributed by atoms with Crippen LogP contribution in [0.25, 0.3) is 11.4 Å². The van der Waals surface area contributed by atoms with Gasteiger partial charge in [0, 0.05) is 10.6 Å². The van der Waals surface area contributed by atoms with Crippen molar-refractivity contribution in [2.75, 3.05) is 5.75 Å². The predicted octanol–water partition coefficient (Wildman–Crippen LogP) is 2.61. The molecule has 0 radical (unpaired) electrons. The second-order valence-electron chi connectivity index (χ2n) is 4.52. The van der Waals surface area contributed by atoms with Crippen LogP contribution in [0.15, 0.2) is 28.8 Å². The molecule has 2 rings (SSSR count). The van der Waals surface area contributed by atoms with Gasteiger partial charge in [-0.05, 0) is 18.6 Å². The molecule has 0 bridgehead atoms. The Balaban J connectivity index is 2.01. The Hall–Kier alpha value is -1.44.